The van der Waals surface area contributed by atoms with Crippen LogP contribution in [0.25, 0.3) is 5.69 Å². The van der Waals surface area contributed by atoms with Crippen molar-refractivity contribution in [3.8, 4) is 5.69 Å². The molecule has 0 atom stereocenters. The van der Waals surface area contributed by atoms with E-state index < -0.39 is 5.82 Å². The van der Waals surface area contributed by atoms with E-state index in [1.807, 2.05) is 0 Å². The highest BCUT2D eigenvalue weighted by atomic mass is 35.5. The van der Waals surface area contributed by atoms with Gasteiger partial charge in [-0.1, -0.05) is 23.2 Å². The fraction of sp³-hybridized carbons (Fsp3) is 0. The van der Waals surface area contributed by atoms with Crippen LogP contribution < -0.4 is 5.73 Å². The minimum Gasteiger partial charge on any atom is -0.368 e. The smallest absolute Gasteiger partial charge is 0.225 e. The molecule has 0 fully saturated rings. The van der Waals surface area contributed by atoms with E-state index in [1.165, 1.54) is 16.7 Å². The van der Waals surface area contributed by atoms with Crippen molar-refractivity contribution in [3.05, 3.63) is 32.8 Å². The first-order chi connectivity index (χ1) is 7.50. The van der Waals surface area contributed by atoms with Crippen LogP contribution in [-0.4, -0.2) is 14.8 Å². The number of rotatable bonds is 1. The van der Waals surface area contributed by atoms with E-state index in [0.717, 1.165) is 0 Å². The van der Waals surface area contributed by atoms with Crippen LogP contribution >= 0.6 is 35.4 Å². The molecule has 0 saturated carbocycles. The Balaban J connectivity index is 2.71. The van der Waals surface area contributed by atoms with Crippen LogP contribution in [0.1, 0.15) is 0 Å². The molecule has 0 saturated heterocycles. The van der Waals surface area contributed by atoms with Crippen LogP contribution in [-0.2, 0) is 0 Å². The number of hydrogen-bond donors (Lipinski definition) is 2. The molecular formula is C8H5Cl2FN4S. The first-order valence-electron chi connectivity index (χ1n) is 4.08. The van der Waals surface area contributed by atoms with Crippen LogP contribution in [0.3, 0.4) is 0 Å². The Morgan fingerprint density at radius 2 is 1.94 bits per heavy atom. The summed E-state index contributed by atoms with van der Waals surface area (Å²) in [5.74, 6) is -0.538. The number of nitrogens with two attached hydrogens (primary N) is 1. The van der Waals surface area contributed by atoms with Crippen LogP contribution in [0.4, 0.5) is 10.3 Å². The van der Waals surface area contributed by atoms with Crippen molar-refractivity contribution in [2.24, 2.45) is 0 Å². The van der Waals surface area contributed by atoms with Gasteiger partial charge < -0.3 is 5.73 Å². The molecule has 0 unspecified atom stereocenters. The van der Waals surface area contributed by atoms with Gasteiger partial charge in [0.1, 0.15) is 0 Å². The van der Waals surface area contributed by atoms with Crippen molar-refractivity contribution in [1.29, 1.82) is 0 Å². The molecule has 0 spiro atoms. The van der Waals surface area contributed by atoms with Gasteiger partial charge in [-0.3, -0.25) is 4.57 Å². The van der Waals surface area contributed by atoms with E-state index in [1.54, 1.807) is 0 Å². The zero-order chi connectivity index (χ0) is 11.9. The van der Waals surface area contributed by atoms with Crippen molar-refractivity contribution in [2.75, 3.05) is 5.73 Å². The molecule has 2 rings (SSSR count). The number of aromatic nitrogens is 3. The van der Waals surface area contributed by atoms with Gasteiger partial charge in [0.05, 0.1) is 15.7 Å². The molecule has 16 heavy (non-hydrogen) atoms. The Morgan fingerprint density at radius 1 is 1.38 bits per heavy atom. The summed E-state index contributed by atoms with van der Waals surface area (Å²) in [6, 6.07) is 2.73. The van der Waals surface area contributed by atoms with Gasteiger partial charge in [0.15, 0.2) is 5.82 Å². The molecule has 0 amide bonds. The molecule has 3 N–H and O–H groups in total. The number of nitrogens with zero attached hydrogens (tertiary/aromatic N) is 2. The molecule has 0 aliphatic carbocycles. The van der Waals surface area contributed by atoms with Crippen LogP contribution in [0.15, 0.2) is 12.1 Å². The van der Waals surface area contributed by atoms with E-state index in [9.17, 15) is 4.39 Å². The Hall–Kier alpha value is -1.11. The van der Waals surface area contributed by atoms with Gasteiger partial charge in [0.2, 0.25) is 10.7 Å². The molecule has 0 aliphatic heterocycles. The molecule has 8 heteroatoms. The maximum atomic E-state index is 13.2. The van der Waals surface area contributed by atoms with Crippen molar-refractivity contribution < 1.29 is 4.39 Å². The minimum atomic E-state index is -0.680. The van der Waals surface area contributed by atoms with E-state index in [2.05, 4.69) is 10.2 Å². The Labute approximate surface area is 105 Å². The number of anilines is 1. The summed E-state index contributed by atoms with van der Waals surface area (Å²) in [7, 11) is 0. The number of nitrogen functional groups attached to an aromatic ring is 1. The largest absolute Gasteiger partial charge is 0.368 e. The lowest BCUT2D eigenvalue weighted by Crippen LogP contribution is -2.01. The summed E-state index contributed by atoms with van der Waals surface area (Å²) >= 11 is 16.3. The van der Waals surface area contributed by atoms with Gasteiger partial charge in [0.25, 0.3) is 0 Å². The zero-order valence-corrected chi connectivity index (χ0v) is 10.00. The summed E-state index contributed by atoms with van der Waals surface area (Å²) in [5, 5.41) is 6.00. The number of benzene rings is 1. The molecule has 4 nitrogen and oxygen atoms in total. The third-order valence-corrected chi connectivity index (χ3v) is 2.75. The van der Waals surface area contributed by atoms with Crippen molar-refractivity contribution in [3.63, 3.8) is 0 Å². The number of H-pyrrole nitrogens is 1. The molecular weight excluding hydrogens is 274 g/mol. The van der Waals surface area contributed by atoms with E-state index >= 15 is 0 Å². The van der Waals surface area contributed by atoms with Gasteiger partial charge in [-0.25, -0.2) is 9.49 Å². The highest BCUT2D eigenvalue weighted by Crippen LogP contribution is 2.27. The molecule has 0 radical (unpaired) electrons. The molecule has 1 aromatic carbocycles. The molecule has 0 bridgehead atoms. The third kappa shape index (κ3) is 1.79. The summed E-state index contributed by atoms with van der Waals surface area (Å²) in [6.45, 7) is 0. The average molecular weight is 279 g/mol. The minimum absolute atomic E-state index is 0.106. The normalized spacial score (nSPS) is 10.7. The molecule has 0 aliphatic rings. The maximum absolute atomic E-state index is 13.2. The van der Waals surface area contributed by atoms with Gasteiger partial charge >= 0.3 is 0 Å². The van der Waals surface area contributed by atoms with Gasteiger partial charge in [-0.15, -0.1) is 5.10 Å². The van der Waals surface area contributed by atoms with Crippen molar-refractivity contribution in [2.45, 2.75) is 0 Å². The number of halogens is 3. The summed E-state index contributed by atoms with van der Waals surface area (Å²) in [5.41, 5.74) is 6.04. The van der Waals surface area contributed by atoms with Gasteiger partial charge in [0, 0.05) is 0 Å². The number of hydrogen-bond acceptors (Lipinski definition) is 3. The lowest BCUT2D eigenvalue weighted by atomic mass is 10.3. The van der Waals surface area contributed by atoms with E-state index in [0.29, 0.717) is 5.69 Å². The second-order valence-electron chi connectivity index (χ2n) is 2.95. The lowest BCUT2D eigenvalue weighted by Gasteiger charge is -2.06. The van der Waals surface area contributed by atoms with Gasteiger partial charge in [-0.2, -0.15) is 0 Å². The topological polar surface area (TPSA) is 59.6 Å². The first-order valence-corrected chi connectivity index (χ1v) is 5.25. The molecule has 2 aromatic rings. The molecule has 84 valence electrons. The van der Waals surface area contributed by atoms with Crippen LogP contribution in [0.5, 0.6) is 0 Å². The van der Waals surface area contributed by atoms with E-state index in [-0.39, 0.29) is 20.8 Å². The molecule has 1 aromatic heterocycles. The Kier molecular flexibility index (Phi) is 2.88. The first kappa shape index (κ1) is 11.4. The standard InChI is InChI=1S/C8H5Cl2FN4S/c9-4-1-3(2-5(10)6(4)11)15-7(12)13-14-8(15)16/h1-2H,(H2,12,13)(H,14,16). The maximum Gasteiger partial charge on any atom is 0.225 e. The Bertz CT molecular complexity index is 583. The van der Waals surface area contributed by atoms with Crippen molar-refractivity contribution >= 4 is 41.4 Å². The zero-order valence-electron chi connectivity index (χ0n) is 7.67. The average Bonchev–Trinajstić information content (AvgIpc) is 2.54. The predicted molar refractivity (Wildman–Crippen MR) is 63.1 cm³/mol. The quantitative estimate of drug-likeness (QED) is 0.623. The highest BCUT2D eigenvalue weighted by Gasteiger charge is 2.11. The van der Waals surface area contributed by atoms with Crippen molar-refractivity contribution in [1.82, 2.24) is 14.8 Å². The Morgan fingerprint density at radius 3 is 2.38 bits per heavy atom. The predicted octanol–water partition coefficient (Wildman–Crippen LogP) is 2.96. The second-order valence-corrected chi connectivity index (χ2v) is 4.15. The monoisotopic (exact) mass is 278 g/mol. The summed E-state index contributed by atoms with van der Waals surface area (Å²) in [6.07, 6.45) is 0. The summed E-state index contributed by atoms with van der Waals surface area (Å²) in [4.78, 5) is 0. The van der Waals surface area contributed by atoms with E-state index in [4.69, 9.17) is 41.2 Å². The number of nitrogens with one attached hydrogen (secondary N) is 1. The SMILES string of the molecule is Nc1n[nH]c(=S)n1-c1cc(Cl)c(F)c(Cl)c1. The fourth-order valence-electron chi connectivity index (χ4n) is 1.23. The highest BCUT2D eigenvalue weighted by molar-refractivity contribution is 7.71. The fourth-order valence-corrected chi connectivity index (χ4v) is 1.95. The lowest BCUT2D eigenvalue weighted by molar-refractivity contribution is 0.628. The van der Waals surface area contributed by atoms with Crippen LogP contribution in [0.2, 0.25) is 10.0 Å². The second kappa shape index (κ2) is 4.04. The molecule has 1 heterocycles. The number of aromatic amines is 1. The van der Waals surface area contributed by atoms with Crippen LogP contribution in [0, 0.1) is 10.6 Å². The third-order valence-electron chi connectivity index (χ3n) is 1.93. The summed E-state index contributed by atoms with van der Waals surface area (Å²) < 4.78 is 14.9. The van der Waals surface area contributed by atoms with Gasteiger partial charge in [-0.05, 0) is 24.4 Å².